The van der Waals surface area contributed by atoms with Gasteiger partial charge in [0.25, 0.3) is 0 Å². The van der Waals surface area contributed by atoms with Crippen LogP contribution in [0.15, 0.2) is 35.9 Å². The molecular formula is C16H14NO4-. The van der Waals surface area contributed by atoms with Crippen molar-refractivity contribution in [3.63, 3.8) is 0 Å². The van der Waals surface area contributed by atoms with Gasteiger partial charge in [-0.05, 0) is 37.5 Å². The van der Waals surface area contributed by atoms with E-state index in [0.29, 0.717) is 18.5 Å². The molecule has 2 atom stereocenters. The predicted octanol–water partition coefficient (Wildman–Crippen LogP) is 0.896. The van der Waals surface area contributed by atoms with Crippen LogP contribution in [-0.2, 0) is 9.59 Å². The minimum Gasteiger partial charge on any atom is -0.545 e. The third kappa shape index (κ3) is 2.14. The summed E-state index contributed by atoms with van der Waals surface area (Å²) in [6.45, 7) is 1.96. The summed E-state index contributed by atoms with van der Waals surface area (Å²) in [4.78, 5) is 36.8. The van der Waals surface area contributed by atoms with Gasteiger partial charge in [0.15, 0.2) is 0 Å². The van der Waals surface area contributed by atoms with Crippen molar-refractivity contribution in [2.75, 3.05) is 4.90 Å². The number of carboxylic acids is 1. The van der Waals surface area contributed by atoms with E-state index in [2.05, 4.69) is 0 Å². The van der Waals surface area contributed by atoms with Gasteiger partial charge in [-0.2, -0.15) is 0 Å². The molecule has 0 bridgehead atoms. The Labute approximate surface area is 121 Å². The molecule has 0 N–H and O–H groups in total. The highest BCUT2D eigenvalue weighted by molar-refractivity contribution is 6.22. The van der Waals surface area contributed by atoms with Crippen molar-refractivity contribution in [1.82, 2.24) is 0 Å². The largest absolute Gasteiger partial charge is 0.545 e. The molecule has 1 fully saturated rings. The van der Waals surface area contributed by atoms with Gasteiger partial charge in [0.1, 0.15) is 0 Å². The summed E-state index contributed by atoms with van der Waals surface area (Å²) in [6.07, 6.45) is 3.21. The van der Waals surface area contributed by atoms with E-state index in [4.69, 9.17) is 0 Å². The number of hydrogen-bond acceptors (Lipinski definition) is 4. The number of amides is 2. The Morgan fingerprint density at radius 3 is 2.38 bits per heavy atom. The number of imide groups is 1. The van der Waals surface area contributed by atoms with E-state index in [1.165, 1.54) is 29.2 Å². The number of rotatable bonds is 2. The van der Waals surface area contributed by atoms with Crippen molar-refractivity contribution in [2.24, 2.45) is 11.8 Å². The van der Waals surface area contributed by atoms with E-state index in [9.17, 15) is 19.5 Å². The van der Waals surface area contributed by atoms with Crippen LogP contribution in [0.3, 0.4) is 0 Å². The second-order valence-corrected chi connectivity index (χ2v) is 5.55. The zero-order valence-corrected chi connectivity index (χ0v) is 11.5. The molecule has 1 aromatic carbocycles. The second kappa shape index (κ2) is 4.84. The number of aromatic carboxylic acids is 1. The van der Waals surface area contributed by atoms with Crippen LogP contribution >= 0.6 is 0 Å². The number of carbonyl (C=O) groups excluding carboxylic acids is 3. The lowest BCUT2D eigenvalue weighted by Crippen LogP contribution is -2.31. The van der Waals surface area contributed by atoms with Crippen LogP contribution in [0.2, 0.25) is 0 Å². The first-order chi connectivity index (χ1) is 9.99. The van der Waals surface area contributed by atoms with Gasteiger partial charge in [-0.15, -0.1) is 0 Å². The molecule has 3 rings (SSSR count). The van der Waals surface area contributed by atoms with Crippen LogP contribution in [0, 0.1) is 11.8 Å². The average Bonchev–Trinajstić information content (AvgIpc) is 2.70. The summed E-state index contributed by atoms with van der Waals surface area (Å²) in [6, 6.07) is 5.63. The molecule has 0 spiro atoms. The molecule has 0 radical (unpaired) electrons. The lowest BCUT2D eigenvalue weighted by atomic mass is 9.82. The minimum atomic E-state index is -1.28. The maximum absolute atomic E-state index is 12.5. The lowest BCUT2D eigenvalue weighted by molar-refractivity contribution is -0.255. The van der Waals surface area contributed by atoms with Gasteiger partial charge in [-0.1, -0.05) is 23.8 Å². The van der Waals surface area contributed by atoms with Crippen LogP contribution in [0.1, 0.15) is 30.1 Å². The van der Waals surface area contributed by atoms with Crippen molar-refractivity contribution < 1.29 is 19.5 Å². The predicted molar refractivity (Wildman–Crippen MR) is 73.2 cm³/mol. The maximum Gasteiger partial charge on any atom is 0.238 e. The fourth-order valence-corrected chi connectivity index (χ4v) is 3.04. The molecule has 0 unspecified atom stereocenters. The van der Waals surface area contributed by atoms with Crippen molar-refractivity contribution in [3.05, 3.63) is 41.5 Å². The van der Waals surface area contributed by atoms with E-state index in [1.807, 2.05) is 13.0 Å². The standard InChI is InChI=1S/C16H15NO4/c1-9-2-7-12-13(8-9)15(19)17(14(12)18)11-5-3-10(4-6-11)16(20)21/h2-6,12-13H,7-8H2,1H3,(H,20,21)/p-1/t12-,13-/m1/s1. The maximum atomic E-state index is 12.5. The van der Waals surface area contributed by atoms with E-state index in [1.54, 1.807) is 0 Å². The number of hydrogen-bond donors (Lipinski definition) is 0. The van der Waals surface area contributed by atoms with Gasteiger partial charge in [0.2, 0.25) is 11.8 Å². The van der Waals surface area contributed by atoms with Crippen LogP contribution in [0.4, 0.5) is 5.69 Å². The summed E-state index contributed by atoms with van der Waals surface area (Å²) in [5.74, 6) is -2.26. The quantitative estimate of drug-likeness (QED) is 0.597. The number of anilines is 1. The van der Waals surface area contributed by atoms with Crippen molar-refractivity contribution in [1.29, 1.82) is 0 Å². The fraction of sp³-hybridized carbons (Fsp3) is 0.312. The van der Waals surface area contributed by atoms with Crippen LogP contribution in [0.25, 0.3) is 0 Å². The average molecular weight is 284 g/mol. The highest BCUT2D eigenvalue weighted by Gasteiger charge is 2.48. The second-order valence-electron chi connectivity index (χ2n) is 5.55. The third-order valence-electron chi connectivity index (χ3n) is 4.18. The SMILES string of the molecule is CC1=CC[C@H]2C(=O)N(c3ccc(C(=O)[O-])cc3)C(=O)[C@@H]2C1. The fourth-order valence-electron chi connectivity index (χ4n) is 3.04. The van der Waals surface area contributed by atoms with Gasteiger partial charge >= 0.3 is 0 Å². The summed E-state index contributed by atoms with van der Waals surface area (Å²) in [5.41, 5.74) is 1.57. The number of benzene rings is 1. The summed E-state index contributed by atoms with van der Waals surface area (Å²) >= 11 is 0. The monoisotopic (exact) mass is 284 g/mol. The van der Waals surface area contributed by atoms with E-state index >= 15 is 0 Å². The first-order valence-corrected chi connectivity index (χ1v) is 6.84. The third-order valence-corrected chi connectivity index (χ3v) is 4.18. The Balaban J connectivity index is 1.91. The summed E-state index contributed by atoms with van der Waals surface area (Å²) in [7, 11) is 0. The molecule has 1 aliphatic carbocycles. The van der Waals surface area contributed by atoms with Crippen LogP contribution in [0.5, 0.6) is 0 Å². The Morgan fingerprint density at radius 2 is 1.76 bits per heavy atom. The molecule has 5 nitrogen and oxygen atoms in total. The van der Waals surface area contributed by atoms with Gasteiger partial charge < -0.3 is 9.90 Å². The molecule has 0 saturated carbocycles. The Hall–Kier alpha value is -2.43. The zero-order chi connectivity index (χ0) is 15.1. The van der Waals surface area contributed by atoms with Crippen molar-refractivity contribution in [2.45, 2.75) is 19.8 Å². The zero-order valence-electron chi connectivity index (χ0n) is 11.5. The molecule has 1 saturated heterocycles. The molecule has 21 heavy (non-hydrogen) atoms. The normalized spacial score (nSPS) is 24.8. The number of carboxylic acid groups (broad SMARTS) is 1. The van der Waals surface area contributed by atoms with E-state index < -0.39 is 5.97 Å². The van der Waals surface area contributed by atoms with Gasteiger partial charge in [0.05, 0.1) is 23.5 Å². The molecular weight excluding hydrogens is 270 g/mol. The summed E-state index contributed by atoms with van der Waals surface area (Å²) in [5, 5.41) is 10.7. The van der Waals surface area contributed by atoms with Crippen LogP contribution < -0.4 is 10.0 Å². The molecule has 0 aromatic heterocycles. The van der Waals surface area contributed by atoms with E-state index in [0.717, 1.165) is 5.57 Å². The molecule has 1 aromatic rings. The molecule has 108 valence electrons. The topological polar surface area (TPSA) is 77.5 Å². The number of fused-ring (bicyclic) bond motifs is 1. The van der Waals surface area contributed by atoms with Gasteiger partial charge in [-0.25, -0.2) is 0 Å². The number of nitrogens with zero attached hydrogens (tertiary/aromatic N) is 1. The Kier molecular flexibility index (Phi) is 3.12. The van der Waals surface area contributed by atoms with Crippen molar-refractivity contribution >= 4 is 23.5 Å². The molecule has 2 aliphatic rings. The Bertz CT molecular complexity index is 659. The smallest absolute Gasteiger partial charge is 0.238 e. The highest BCUT2D eigenvalue weighted by Crippen LogP contribution is 2.39. The molecule has 1 aliphatic heterocycles. The van der Waals surface area contributed by atoms with Gasteiger partial charge in [-0.3, -0.25) is 14.5 Å². The van der Waals surface area contributed by atoms with E-state index in [-0.39, 0.29) is 29.2 Å². The highest BCUT2D eigenvalue weighted by atomic mass is 16.4. The Morgan fingerprint density at radius 1 is 1.14 bits per heavy atom. The number of carbonyl (C=O) groups is 3. The minimum absolute atomic E-state index is 0.0211. The number of allylic oxidation sites excluding steroid dienone is 2. The van der Waals surface area contributed by atoms with Crippen LogP contribution in [-0.4, -0.2) is 17.8 Å². The molecule has 5 heteroatoms. The van der Waals surface area contributed by atoms with Crippen molar-refractivity contribution in [3.8, 4) is 0 Å². The first kappa shape index (κ1) is 13.5. The van der Waals surface area contributed by atoms with Gasteiger partial charge in [0, 0.05) is 0 Å². The summed E-state index contributed by atoms with van der Waals surface area (Å²) < 4.78 is 0. The first-order valence-electron chi connectivity index (χ1n) is 6.84. The molecule has 1 heterocycles. The lowest BCUT2D eigenvalue weighted by Gasteiger charge is -2.18. The molecule has 2 amide bonds.